The lowest BCUT2D eigenvalue weighted by Crippen LogP contribution is -2.49. The Morgan fingerprint density at radius 3 is 2.38 bits per heavy atom. The molecule has 15 nitrogen and oxygen atoms in total. The van der Waals surface area contributed by atoms with Gasteiger partial charge in [0.05, 0.1) is 46.6 Å². The molecule has 10 rings (SSSR count). The lowest BCUT2D eigenvalue weighted by Gasteiger charge is -2.36. The van der Waals surface area contributed by atoms with Gasteiger partial charge >= 0.3 is 0 Å². The number of aliphatic hydroxyl groups excluding tert-OH is 1. The van der Waals surface area contributed by atoms with E-state index in [0.29, 0.717) is 46.4 Å². The summed E-state index contributed by atoms with van der Waals surface area (Å²) in [6.45, 7) is 13.7. The molecule has 1 saturated carbocycles. The Balaban J connectivity index is 0.774. The van der Waals surface area contributed by atoms with Crippen molar-refractivity contribution in [1.29, 1.82) is 0 Å². The highest BCUT2D eigenvalue weighted by Gasteiger charge is 2.43. The number of β-amino-alcohol motifs (C(OH)–C–C–N with tert-alkyl or cyclic N) is 1. The molecule has 5 atom stereocenters. The van der Waals surface area contributed by atoms with Crippen LogP contribution in [-0.2, 0) is 14.4 Å². The number of carbonyl (C=O) groups excluding carboxylic acids is 3. The Hall–Kier alpha value is -6.60. The summed E-state index contributed by atoms with van der Waals surface area (Å²) >= 11 is 9.50. The standard InChI is InChI=1S/C54H56ClFN10O5S2/c1-27(2)49(53(70)64-25-41(67)21-45(64)52(69)59-29(4)33-8-10-35(11-9-33)50-30(5)57-26-72-50)65-24-37(23-58-65)36-16-39(56)18-42(17-36)71-43-19-40(20-43)60-46(68)22-44-51-63-62-32(7)66(51)54-47(28(3)31(6)73-54)48(61-44)34-12-14-38(55)15-13-34/h8-18,23-24,26-27,29,40-41,43-45,49,67H,19-22,25H2,1-7H3,(H,59,69)(H,60,68)/t29-,40-,41+,43+,44-,45-,49?/m0/s1. The molecule has 73 heavy (non-hydrogen) atoms. The van der Waals surface area contributed by atoms with E-state index in [9.17, 15) is 19.5 Å². The first-order valence-electron chi connectivity index (χ1n) is 24.5. The molecule has 1 unspecified atom stereocenters. The number of aryl methyl sites for hydroxylation is 3. The molecule has 4 aromatic heterocycles. The van der Waals surface area contributed by atoms with Crippen molar-refractivity contribution in [2.75, 3.05) is 6.54 Å². The number of halogens is 2. The van der Waals surface area contributed by atoms with Crippen LogP contribution in [0, 0.1) is 39.4 Å². The topological polar surface area (TPSA) is 182 Å². The zero-order valence-electron chi connectivity index (χ0n) is 41.5. The number of aliphatic hydroxyl groups is 1. The van der Waals surface area contributed by atoms with Crippen molar-refractivity contribution in [2.24, 2.45) is 10.9 Å². The lowest BCUT2D eigenvalue weighted by atomic mass is 9.89. The van der Waals surface area contributed by atoms with Crippen LogP contribution in [0.15, 0.2) is 89.6 Å². The number of rotatable bonds is 14. The van der Waals surface area contributed by atoms with Crippen LogP contribution in [0.5, 0.6) is 5.75 Å². The summed E-state index contributed by atoms with van der Waals surface area (Å²) < 4.78 is 25.1. The van der Waals surface area contributed by atoms with E-state index in [1.807, 2.05) is 93.2 Å². The molecule has 1 aliphatic carbocycles. The van der Waals surface area contributed by atoms with Crippen LogP contribution in [0.3, 0.4) is 0 Å². The third-order valence-corrected chi connectivity index (χ3v) is 16.5. The van der Waals surface area contributed by atoms with Crippen LogP contribution in [-0.4, -0.2) is 93.8 Å². The number of carbonyl (C=O) groups is 3. The number of amides is 3. The van der Waals surface area contributed by atoms with Crippen molar-refractivity contribution in [3.63, 3.8) is 0 Å². The summed E-state index contributed by atoms with van der Waals surface area (Å²) in [7, 11) is 0. The predicted molar refractivity (Wildman–Crippen MR) is 280 cm³/mol. The second-order valence-electron chi connectivity index (χ2n) is 19.7. The molecule has 1 saturated heterocycles. The molecule has 7 aromatic rings. The molecule has 0 bridgehead atoms. The fourth-order valence-electron chi connectivity index (χ4n) is 10.1. The van der Waals surface area contributed by atoms with Gasteiger partial charge in [-0.15, -0.1) is 32.9 Å². The molecule has 2 fully saturated rings. The van der Waals surface area contributed by atoms with Crippen LogP contribution in [0.4, 0.5) is 4.39 Å². The van der Waals surface area contributed by atoms with E-state index in [-0.39, 0.29) is 61.2 Å². The second-order valence-corrected chi connectivity index (χ2v) is 22.2. The average molecular weight is 1040 g/mol. The molecule has 3 N–H and O–H groups in total. The van der Waals surface area contributed by atoms with E-state index >= 15 is 4.39 Å². The fraction of sp³-hybridized carbons (Fsp3) is 0.370. The van der Waals surface area contributed by atoms with E-state index in [4.69, 9.17) is 21.3 Å². The number of nitrogens with zero attached hydrogens (tertiary/aromatic N) is 8. The first kappa shape index (κ1) is 50.0. The van der Waals surface area contributed by atoms with Gasteiger partial charge in [0.25, 0.3) is 0 Å². The van der Waals surface area contributed by atoms with Gasteiger partial charge in [-0.05, 0) is 87.1 Å². The Labute approximate surface area is 435 Å². The van der Waals surface area contributed by atoms with Crippen molar-refractivity contribution < 1.29 is 28.6 Å². The van der Waals surface area contributed by atoms with Crippen LogP contribution in [0.1, 0.15) is 109 Å². The maximum Gasteiger partial charge on any atom is 0.248 e. The number of ether oxygens (including phenoxy) is 1. The highest BCUT2D eigenvalue weighted by molar-refractivity contribution is 7.15. The number of benzene rings is 3. The van der Waals surface area contributed by atoms with Gasteiger partial charge < -0.3 is 25.4 Å². The summed E-state index contributed by atoms with van der Waals surface area (Å²) in [5.41, 5.74) is 9.55. The number of thiazole rings is 1. The van der Waals surface area contributed by atoms with Crippen molar-refractivity contribution in [3.05, 3.63) is 140 Å². The summed E-state index contributed by atoms with van der Waals surface area (Å²) in [6.07, 6.45) is 3.32. The molecule has 6 heterocycles. The number of nitrogens with one attached hydrogen (secondary N) is 2. The van der Waals surface area contributed by atoms with Crippen LogP contribution in [0.2, 0.25) is 5.02 Å². The summed E-state index contributed by atoms with van der Waals surface area (Å²) in [5, 5.41) is 32.1. The normalized spacial score (nSPS) is 20.1. The van der Waals surface area contributed by atoms with E-state index in [1.54, 1.807) is 45.8 Å². The number of likely N-dealkylation sites (tertiary alicyclic amines) is 1. The Bertz CT molecular complexity index is 3250. The smallest absolute Gasteiger partial charge is 0.248 e. The van der Waals surface area contributed by atoms with Crippen molar-refractivity contribution in [3.8, 4) is 32.3 Å². The largest absolute Gasteiger partial charge is 0.490 e. The van der Waals surface area contributed by atoms with E-state index in [2.05, 4.69) is 44.8 Å². The maximum absolute atomic E-state index is 15.3. The molecule has 2 aliphatic heterocycles. The number of fused-ring (bicyclic) bond motifs is 3. The van der Waals surface area contributed by atoms with Gasteiger partial charge in [0, 0.05) is 70.7 Å². The van der Waals surface area contributed by atoms with Gasteiger partial charge in [-0.25, -0.2) is 9.37 Å². The number of aliphatic imine (C=N–C) groups is 1. The monoisotopic (exact) mass is 1040 g/mol. The molecular weight excluding hydrogens is 987 g/mol. The second kappa shape index (κ2) is 20.4. The molecule has 378 valence electrons. The minimum atomic E-state index is -0.886. The third-order valence-electron chi connectivity index (χ3n) is 14.1. The molecular formula is C54H56ClFN10O5S2. The molecule has 0 spiro atoms. The van der Waals surface area contributed by atoms with Gasteiger partial charge in [-0.2, -0.15) is 5.10 Å². The summed E-state index contributed by atoms with van der Waals surface area (Å²) in [5.74, 6) is -0.0168. The van der Waals surface area contributed by atoms with Gasteiger partial charge in [0.1, 0.15) is 46.6 Å². The molecule has 3 aliphatic rings. The average Bonchev–Trinajstić information content (AvgIpc) is 4.19. The van der Waals surface area contributed by atoms with Gasteiger partial charge in [-0.3, -0.25) is 28.6 Å². The fourth-order valence-corrected chi connectivity index (χ4v) is 12.2. The number of hydrogen-bond donors (Lipinski definition) is 3. The Kier molecular flexibility index (Phi) is 13.9. The van der Waals surface area contributed by atoms with Gasteiger partial charge in [0.15, 0.2) is 5.82 Å². The number of aromatic nitrogens is 6. The van der Waals surface area contributed by atoms with E-state index < -0.39 is 30.0 Å². The highest BCUT2D eigenvalue weighted by Crippen LogP contribution is 2.40. The quantitative estimate of drug-likeness (QED) is 0.0956. The first-order valence-corrected chi connectivity index (χ1v) is 26.5. The number of thiophene rings is 1. The van der Waals surface area contributed by atoms with Crippen LogP contribution in [0.25, 0.3) is 26.6 Å². The molecule has 19 heteroatoms. The highest BCUT2D eigenvalue weighted by atomic mass is 35.5. The summed E-state index contributed by atoms with van der Waals surface area (Å²) in [4.78, 5) is 55.3. The first-order chi connectivity index (χ1) is 35.0. The Morgan fingerprint density at radius 2 is 1.67 bits per heavy atom. The molecule has 0 radical (unpaired) electrons. The minimum absolute atomic E-state index is 0.00256. The van der Waals surface area contributed by atoms with Gasteiger partial charge in [0.2, 0.25) is 17.7 Å². The van der Waals surface area contributed by atoms with Crippen molar-refractivity contribution >= 4 is 57.7 Å². The predicted octanol–water partition coefficient (Wildman–Crippen LogP) is 9.39. The SMILES string of the molecule is Cc1ncsc1-c1ccc([C@H](C)NC(=O)[C@@H]2C[C@@H](O)CN2C(=O)C(C(C)C)n2cc(-c3cc(F)cc(O[C@H]4C[C@@H](NC(=O)C[C@@H]5N=C(c6ccc(Cl)cc6)c6c(sc(C)c6C)-n6c(C)nnc65)C4)c3)cn2)cc1. The van der Waals surface area contributed by atoms with Gasteiger partial charge in [-0.1, -0.05) is 61.8 Å². The molecule has 3 amide bonds. The van der Waals surface area contributed by atoms with Crippen molar-refractivity contribution in [1.82, 2.24) is 45.1 Å². The minimum Gasteiger partial charge on any atom is -0.490 e. The van der Waals surface area contributed by atoms with E-state index in [1.165, 1.54) is 17.0 Å². The Morgan fingerprint density at radius 1 is 0.932 bits per heavy atom. The number of hydrogen-bond acceptors (Lipinski definition) is 12. The van der Waals surface area contributed by atoms with Crippen LogP contribution >= 0.6 is 34.3 Å². The molecule has 3 aromatic carbocycles. The van der Waals surface area contributed by atoms with E-state index in [0.717, 1.165) is 54.0 Å². The van der Waals surface area contributed by atoms with Crippen molar-refractivity contribution in [2.45, 2.75) is 117 Å². The maximum atomic E-state index is 15.3. The lowest BCUT2D eigenvalue weighted by molar-refractivity contribution is -0.142. The zero-order valence-corrected chi connectivity index (χ0v) is 43.9. The van der Waals surface area contributed by atoms with Crippen LogP contribution < -0.4 is 15.4 Å². The zero-order chi connectivity index (χ0) is 51.4. The third kappa shape index (κ3) is 10.1. The summed E-state index contributed by atoms with van der Waals surface area (Å²) in [6, 6.07) is 17.1.